The molecule has 2 heterocycles. The van der Waals surface area contributed by atoms with Gasteiger partial charge in [-0.3, -0.25) is 4.90 Å². The van der Waals surface area contributed by atoms with Gasteiger partial charge in [-0.2, -0.15) is 0 Å². The smallest absolute Gasteiger partial charge is 0.159 e. The Morgan fingerprint density at radius 3 is 2.45 bits per heavy atom. The van der Waals surface area contributed by atoms with Crippen LogP contribution in [-0.4, -0.2) is 60.1 Å². The van der Waals surface area contributed by atoms with Crippen molar-refractivity contribution in [1.29, 1.82) is 0 Å². The van der Waals surface area contributed by atoms with Crippen molar-refractivity contribution in [2.75, 3.05) is 40.3 Å². The van der Waals surface area contributed by atoms with E-state index in [1.165, 1.54) is 12.0 Å². The fourth-order valence-corrected chi connectivity index (χ4v) is 2.77. The van der Waals surface area contributed by atoms with Crippen molar-refractivity contribution in [2.45, 2.75) is 45.3 Å². The van der Waals surface area contributed by atoms with E-state index < -0.39 is 0 Å². The molecule has 124 valence electrons. The van der Waals surface area contributed by atoms with Crippen molar-refractivity contribution in [3.05, 3.63) is 23.8 Å². The maximum absolute atomic E-state index is 5.92. The molecule has 0 spiro atoms. The Balaban J connectivity index is 1.96. The fraction of sp³-hybridized carbons (Fsp3) is 0.765. The molecule has 22 heavy (non-hydrogen) atoms. The third-order valence-corrected chi connectivity index (χ3v) is 4.36. The van der Waals surface area contributed by atoms with Crippen LogP contribution < -0.4 is 0 Å². The van der Waals surface area contributed by atoms with Gasteiger partial charge in [-0.25, -0.2) is 9.97 Å². The maximum Gasteiger partial charge on any atom is 0.159 e. The first-order valence-corrected chi connectivity index (χ1v) is 8.36. The molecule has 5 nitrogen and oxygen atoms in total. The topological polar surface area (TPSA) is 41.5 Å². The molecule has 2 rings (SSSR count). The van der Waals surface area contributed by atoms with Crippen molar-refractivity contribution < 1.29 is 4.74 Å². The van der Waals surface area contributed by atoms with Crippen LogP contribution in [0.15, 0.2) is 12.4 Å². The molecular formula is C17H30N4O. The Morgan fingerprint density at radius 2 is 1.91 bits per heavy atom. The quantitative estimate of drug-likeness (QED) is 0.773. The van der Waals surface area contributed by atoms with Crippen LogP contribution in [0.2, 0.25) is 0 Å². The summed E-state index contributed by atoms with van der Waals surface area (Å²) in [5.74, 6) is 0.826. The summed E-state index contributed by atoms with van der Waals surface area (Å²) in [5, 5.41) is 0. The van der Waals surface area contributed by atoms with E-state index in [0.29, 0.717) is 0 Å². The largest absolute Gasteiger partial charge is 0.367 e. The second-order valence-corrected chi connectivity index (χ2v) is 6.62. The molecule has 0 aromatic carbocycles. The first-order valence-electron chi connectivity index (χ1n) is 8.36. The third-order valence-electron chi connectivity index (χ3n) is 4.36. The Bertz CT molecular complexity index is 440. The zero-order valence-electron chi connectivity index (χ0n) is 14.5. The highest BCUT2D eigenvalue weighted by Crippen LogP contribution is 2.32. The average Bonchev–Trinajstić information content (AvgIpc) is 2.52. The van der Waals surface area contributed by atoms with Gasteiger partial charge in [0.15, 0.2) is 5.82 Å². The van der Waals surface area contributed by atoms with Crippen molar-refractivity contribution in [1.82, 2.24) is 19.8 Å². The van der Waals surface area contributed by atoms with E-state index >= 15 is 0 Å². The number of aromatic nitrogens is 2. The highest BCUT2D eigenvalue weighted by Gasteiger charge is 2.32. The highest BCUT2D eigenvalue weighted by atomic mass is 16.5. The van der Waals surface area contributed by atoms with Crippen molar-refractivity contribution in [2.24, 2.45) is 0 Å². The minimum atomic E-state index is -0.299. The van der Waals surface area contributed by atoms with Gasteiger partial charge in [0.25, 0.3) is 0 Å². The Kier molecular flexibility index (Phi) is 6.29. The van der Waals surface area contributed by atoms with E-state index in [0.717, 1.165) is 51.5 Å². The second kappa shape index (κ2) is 7.99. The predicted octanol–water partition coefficient (Wildman–Crippen LogP) is 2.28. The third kappa shape index (κ3) is 4.73. The second-order valence-electron chi connectivity index (χ2n) is 6.62. The zero-order chi connectivity index (χ0) is 16.0. The van der Waals surface area contributed by atoms with E-state index in [4.69, 9.17) is 4.74 Å². The van der Waals surface area contributed by atoms with Crippen LogP contribution in [0.25, 0.3) is 0 Å². The minimum Gasteiger partial charge on any atom is -0.367 e. The van der Waals surface area contributed by atoms with Crippen molar-refractivity contribution >= 4 is 0 Å². The van der Waals surface area contributed by atoms with Crippen LogP contribution in [0.4, 0.5) is 0 Å². The SMILES string of the molecule is CCN(CCN(C)C)Cc1cnc([C@@]2(C)CCCCO2)nc1. The molecular weight excluding hydrogens is 276 g/mol. The van der Waals surface area contributed by atoms with Crippen LogP contribution in [-0.2, 0) is 16.9 Å². The lowest BCUT2D eigenvalue weighted by Gasteiger charge is -2.32. The van der Waals surface area contributed by atoms with Gasteiger partial charge in [0.05, 0.1) is 0 Å². The van der Waals surface area contributed by atoms with E-state index in [1.54, 1.807) is 0 Å². The Morgan fingerprint density at radius 1 is 1.18 bits per heavy atom. The lowest BCUT2D eigenvalue weighted by atomic mass is 9.95. The maximum atomic E-state index is 5.92. The predicted molar refractivity (Wildman–Crippen MR) is 88.7 cm³/mol. The summed E-state index contributed by atoms with van der Waals surface area (Å²) < 4.78 is 5.92. The number of hydrogen-bond acceptors (Lipinski definition) is 5. The normalized spacial score (nSPS) is 22.5. The van der Waals surface area contributed by atoms with Crippen molar-refractivity contribution in [3.8, 4) is 0 Å². The lowest BCUT2D eigenvalue weighted by molar-refractivity contribution is -0.0761. The van der Waals surface area contributed by atoms with Gasteiger partial charge in [-0.1, -0.05) is 6.92 Å². The number of ether oxygens (including phenoxy) is 1. The average molecular weight is 306 g/mol. The first kappa shape index (κ1) is 17.3. The summed E-state index contributed by atoms with van der Waals surface area (Å²) in [6, 6.07) is 0. The molecule has 1 aliphatic heterocycles. The molecule has 1 atom stereocenters. The molecule has 0 bridgehead atoms. The van der Waals surface area contributed by atoms with Crippen LogP contribution >= 0.6 is 0 Å². The fourth-order valence-electron chi connectivity index (χ4n) is 2.77. The number of hydrogen-bond donors (Lipinski definition) is 0. The summed E-state index contributed by atoms with van der Waals surface area (Å²) in [6.45, 7) is 9.19. The monoisotopic (exact) mass is 306 g/mol. The number of likely N-dealkylation sites (N-methyl/N-ethyl adjacent to an activating group) is 2. The molecule has 1 saturated heterocycles. The van der Waals surface area contributed by atoms with Crippen molar-refractivity contribution in [3.63, 3.8) is 0 Å². The van der Waals surface area contributed by atoms with E-state index in [-0.39, 0.29) is 5.60 Å². The Labute approximate surface area is 134 Å². The summed E-state index contributed by atoms with van der Waals surface area (Å²) in [5.41, 5.74) is 0.871. The first-order chi connectivity index (χ1) is 10.5. The zero-order valence-corrected chi connectivity index (χ0v) is 14.5. The minimum absolute atomic E-state index is 0.299. The van der Waals surface area contributed by atoms with Crippen LogP contribution in [0.1, 0.15) is 44.5 Å². The number of rotatable bonds is 7. The summed E-state index contributed by atoms with van der Waals surface area (Å²) in [7, 11) is 4.22. The number of nitrogens with zero attached hydrogens (tertiary/aromatic N) is 4. The van der Waals surface area contributed by atoms with Gasteiger partial charge in [0.2, 0.25) is 0 Å². The van der Waals surface area contributed by atoms with Gasteiger partial charge in [-0.05, 0) is 46.8 Å². The molecule has 0 saturated carbocycles. The van der Waals surface area contributed by atoms with Crippen LogP contribution in [0.5, 0.6) is 0 Å². The molecule has 5 heteroatoms. The van der Waals surface area contributed by atoms with E-state index in [1.807, 2.05) is 12.4 Å². The standard InChI is InChI=1S/C17H30N4O/c1-5-21(10-9-20(3)4)14-15-12-18-16(19-13-15)17(2)8-6-7-11-22-17/h12-13H,5-11,14H2,1-4H3/t17-/m1/s1. The molecule has 0 unspecified atom stereocenters. The van der Waals surface area contributed by atoms with E-state index in [2.05, 4.69) is 47.7 Å². The summed E-state index contributed by atoms with van der Waals surface area (Å²) >= 11 is 0. The van der Waals surface area contributed by atoms with Crippen LogP contribution in [0.3, 0.4) is 0 Å². The molecule has 0 N–H and O–H groups in total. The van der Waals surface area contributed by atoms with Gasteiger partial charge in [0, 0.05) is 44.2 Å². The summed E-state index contributed by atoms with van der Waals surface area (Å²) in [4.78, 5) is 13.8. The molecule has 0 radical (unpaired) electrons. The van der Waals surface area contributed by atoms with Gasteiger partial charge >= 0.3 is 0 Å². The van der Waals surface area contributed by atoms with E-state index in [9.17, 15) is 0 Å². The highest BCUT2D eigenvalue weighted by molar-refractivity contribution is 5.09. The lowest BCUT2D eigenvalue weighted by Crippen LogP contribution is -2.33. The summed E-state index contributed by atoms with van der Waals surface area (Å²) in [6.07, 6.45) is 7.27. The molecule has 0 aliphatic carbocycles. The molecule has 1 aromatic rings. The molecule has 1 aliphatic rings. The molecule has 0 amide bonds. The molecule has 1 fully saturated rings. The van der Waals surface area contributed by atoms with Gasteiger partial charge in [0.1, 0.15) is 5.60 Å². The Hall–Kier alpha value is -1.04. The van der Waals surface area contributed by atoms with Crippen LogP contribution in [0, 0.1) is 0 Å². The molecule has 1 aromatic heterocycles. The van der Waals surface area contributed by atoms with Gasteiger partial charge < -0.3 is 9.64 Å². The van der Waals surface area contributed by atoms with Gasteiger partial charge in [-0.15, -0.1) is 0 Å².